The first-order valence-corrected chi connectivity index (χ1v) is 6.32. The van der Waals surface area contributed by atoms with Crippen molar-refractivity contribution in [2.45, 2.75) is 6.92 Å². The number of carbonyl (C=O) groups is 1. The minimum Gasteiger partial charge on any atom is -0.508 e. The first-order chi connectivity index (χ1) is 9.56. The van der Waals surface area contributed by atoms with Crippen LogP contribution in [0.25, 0.3) is 0 Å². The molecular weight excluding hydrogens is 276 g/mol. The maximum atomic E-state index is 11.8. The molecule has 2 aromatic rings. The highest BCUT2D eigenvalue weighted by atomic mass is 35.5. The van der Waals surface area contributed by atoms with Gasteiger partial charge in [0, 0.05) is 10.6 Å². The number of nitrogens with zero attached hydrogens (tertiary/aromatic N) is 1. The molecule has 0 fully saturated rings. The maximum absolute atomic E-state index is 11.8. The minimum absolute atomic E-state index is 0.113. The monoisotopic (exact) mass is 288 g/mol. The normalized spacial score (nSPS) is 10.7. The van der Waals surface area contributed by atoms with Gasteiger partial charge in [0.25, 0.3) is 5.91 Å². The number of carbonyl (C=O) groups excluding carboxylic acids is 1. The highest BCUT2D eigenvalue weighted by Crippen LogP contribution is 2.13. The summed E-state index contributed by atoms with van der Waals surface area (Å²) in [5, 5.41) is 13.7. The van der Waals surface area contributed by atoms with Gasteiger partial charge in [-0.2, -0.15) is 5.10 Å². The molecule has 0 saturated carbocycles. The number of phenols is 1. The van der Waals surface area contributed by atoms with E-state index in [4.69, 9.17) is 16.7 Å². The van der Waals surface area contributed by atoms with Crippen molar-refractivity contribution in [2.24, 2.45) is 5.10 Å². The summed E-state index contributed by atoms with van der Waals surface area (Å²) in [6.07, 6.45) is 1.56. The quantitative estimate of drug-likeness (QED) is 0.673. The van der Waals surface area contributed by atoms with E-state index in [9.17, 15) is 4.79 Å². The van der Waals surface area contributed by atoms with E-state index in [0.717, 1.165) is 11.1 Å². The van der Waals surface area contributed by atoms with Crippen molar-refractivity contribution >= 4 is 23.7 Å². The number of phenolic OH excluding ortho intramolecular Hbond substituents is 1. The molecule has 5 heteroatoms. The van der Waals surface area contributed by atoms with E-state index in [1.54, 1.807) is 12.3 Å². The number of hydrazone groups is 1. The molecule has 20 heavy (non-hydrogen) atoms. The molecule has 0 saturated heterocycles. The molecule has 0 aliphatic carbocycles. The average Bonchev–Trinajstić information content (AvgIpc) is 2.42. The van der Waals surface area contributed by atoms with Crippen LogP contribution >= 0.6 is 11.6 Å². The molecule has 0 aliphatic heterocycles. The van der Waals surface area contributed by atoms with Gasteiger partial charge in [0.2, 0.25) is 0 Å². The molecular formula is C15H13ClN2O2. The minimum atomic E-state index is -0.340. The number of aryl methyl sites for hydroxylation is 1. The number of hydrogen-bond donors (Lipinski definition) is 2. The third-order valence-corrected chi connectivity index (χ3v) is 2.97. The summed E-state index contributed by atoms with van der Waals surface area (Å²) in [7, 11) is 0. The molecule has 2 N–H and O–H groups in total. The van der Waals surface area contributed by atoms with E-state index in [0.29, 0.717) is 10.6 Å². The summed E-state index contributed by atoms with van der Waals surface area (Å²) >= 11 is 5.86. The third kappa shape index (κ3) is 3.59. The summed E-state index contributed by atoms with van der Waals surface area (Å²) in [5.41, 5.74) is 4.70. The molecule has 0 radical (unpaired) electrons. The highest BCUT2D eigenvalue weighted by Gasteiger charge is 2.03. The number of nitrogens with one attached hydrogen (secondary N) is 1. The number of amides is 1. The van der Waals surface area contributed by atoms with Crippen LogP contribution in [0.2, 0.25) is 5.02 Å². The van der Waals surface area contributed by atoms with Crippen LogP contribution in [0.15, 0.2) is 47.6 Å². The van der Waals surface area contributed by atoms with E-state index in [2.05, 4.69) is 10.5 Å². The van der Waals surface area contributed by atoms with Crippen molar-refractivity contribution in [3.8, 4) is 5.75 Å². The van der Waals surface area contributed by atoms with Crippen molar-refractivity contribution in [1.82, 2.24) is 5.43 Å². The van der Waals surface area contributed by atoms with Crippen LogP contribution in [-0.4, -0.2) is 17.2 Å². The van der Waals surface area contributed by atoms with Gasteiger partial charge in [-0.05, 0) is 54.4 Å². The summed E-state index contributed by atoms with van der Waals surface area (Å²) in [6.45, 7) is 1.91. The number of halogens is 1. The third-order valence-electron chi connectivity index (χ3n) is 2.73. The van der Waals surface area contributed by atoms with Crippen molar-refractivity contribution < 1.29 is 9.90 Å². The molecule has 0 bridgehead atoms. The van der Waals surface area contributed by atoms with E-state index in [-0.39, 0.29) is 11.7 Å². The van der Waals surface area contributed by atoms with Gasteiger partial charge in [-0.15, -0.1) is 0 Å². The Balaban J connectivity index is 2.02. The molecule has 0 atom stereocenters. The fourth-order valence-corrected chi connectivity index (χ4v) is 1.85. The molecule has 102 valence electrons. The molecule has 0 unspecified atom stereocenters. The van der Waals surface area contributed by atoms with Gasteiger partial charge in [0.15, 0.2) is 0 Å². The van der Waals surface area contributed by atoms with Crippen LogP contribution in [0.3, 0.4) is 0 Å². The lowest BCUT2D eigenvalue weighted by atomic mass is 10.1. The molecule has 2 rings (SSSR count). The van der Waals surface area contributed by atoms with Gasteiger partial charge in [-0.3, -0.25) is 4.79 Å². The van der Waals surface area contributed by atoms with Crippen LogP contribution in [0.5, 0.6) is 5.75 Å². The van der Waals surface area contributed by atoms with Crippen LogP contribution in [0.4, 0.5) is 0 Å². The van der Waals surface area contributed by atoms with Gasteiger partial charge in [0.05, 0.1) is 6.21 Å². The number of hydrogen-bond acceptors (Lipinski definition) is 3. The molecule has 0 heterocycles. The molecule has 0 aliphatic rings. The second-order valence-electron chi connectivity index (χ2n) is 4.25. The zero-order valence-electron chi connectivity index (χ0n) is 10.8. The summed E-state index contributed by atoms with van der Waals surface area (Å²) < 4.78 is 0. The van der Waals surface area contributed by atoms with Gasteiger partial charge >= 0.3 is 0 Å². The first-order valence-electron chi connectivity index (χ1n) is 5.95. The average molecular weight is 289 g/mol. The van der Waals surface area contributed by atoms with Gasteiger partial charge in [-0.25, -0.2) is 5.43 Å². The lowest BCUT2D eigenvalue weighted by molar-refractivity contribution is 0.0955. The summed E-state index contributed by atoms with van der Waals surface area (Å²) in [5.74, 6) is -0.227. The van der Waals surface area contributed by atoms with Crippen LogP contribution < -0.4 is 5.43 Å². The summed E-state index contributed by atoms with van der Waals surface area (Å²) in [6, 6.07) is 11.3. The lowest BCUT2D eigenvalue weighted by Crippen LogP contribution is -2.17. The van der Waals surface area contributed by atoms with Crippen molar-refractivity contribution in [2.75, 3.05) is 0 Å². The number of benzene rings is 2. The Morgan fingerprint density at radius 3 is 2.60 bits per heavy atom. The zero-order valence-corrected chi connectivity index (χ0v) is 11.6. The van der Waals surface area contributed by atoms with Crippen LogP contribution in [0.1, 0.15) is 21.5 Å². The number of aromatic hydroxyl groups is 1. The molecule has 1 amide bonds. The lowest BCUT2D eigenvalue weighted by Gasteiger charge is -2.02. The Kier molecular flexibility index (Phi) is 4.38. The molecule has 0 aromatic heterocycles. The van der Waals surface area contributed by atoms with Crippen LogP contribution in [0, 0.1) is 6.92 Å². The van der Waals surface area contributed by atoms with E-state index < -0.39 is 0 Å². The number of rotatable bonds is 3. The Labute approximate surface area is 121 Å². The van der Waals surface area contributed by atoms with E-state index >= 15 is 0 Å². The van der Waals surface area contributed by atoms with Crippen molar-refractivity contribution in [3.05, 3.63) is 64.2 Å². The van der Waals surface area contributed by atoms with Crippen molar-refractivity contribution in [3.63, 3.8) is 0 Å². The highest BCUT2D eigenvalue weighted by molar-refractivity contribution is 6.30. The Hall–Kier alpha value is -2.33. The predicted octanol–water partition coefficient (Wildman–Crippen LogP) is 3.12. The Morgan fingerprint density at radius 1 is 1.25 bits per heavy atom. The van der Waals surface area contributed by atoms with Gasteiger partial charge < -0.3 is 5.11 Å². The standard InChI is InChI=1S/C15H13ClN2O2/c1-10-8-13(16)5-2-12(10)9-17-18-15(20)11-3-6-14(19)7-4-11/h2-9,19H,1H3,(H,18,20)/b17-9+. The smallest absolute Gasteiger partial charge is 0.271 e. The largest absolute Gasteiger partial charge is 0.508 e. The Morgan fingerprint density at radius 2 is 1.95 bits per heavy atom. The molecule has 0 spiro atoms. The SMILES string of the molecule is Cc1cc(Cl)ccc1/C=N/NC(=O)c1ccc(O)cc1. The second kappa shape index (κ2) is 6.21. The summed E-state index contributed by atoms with van der Waals surface area (Å²) in [4.78, 5) is 11.8. The van der Waals surface area contributed by atoms with Crippen molar-refractivity contribution in [1.29, 1.82) is 0 Å². The van der Waals surface area contributed by atoms with Crippen LogP contribution in [-0.2, 0) is 0 Å². The zero-order chi connectivity index (χ0) is 14.5. The van der Waals surface area contributed by atoms with Gasteiger partial charge in [-0.1, -0.05) is 17.7 Å². The second-order valence-corrected chi connectivity index (χ2v) is 4.68. The Bertz CT molecular complexity index is 651. The van der Waals surface area contributed by atoms with E-state index in [1.165, 1.54) is 24.3 Å². The first kappa shape index (κ1) is 14.1. The maximum Gasteiger partial charge on any atom is 0.271 e. The molecule has 2 aromatic carbocycles. The molecule has 4 nitrogen and oxygen atoms in total. The van der Waals surface area contributed by atoms with Gasteiger partial charge in [0.1, 0.15) is 5.75 Å². The fourth-order valence-electron chi connectivity index (χ4n) is 1.62. The topological polar surface area (TPSA) is 61.7 Å². The fraction of sp³-hybridized carbons (Fsp3) is 0.0667. The predicted molar refractivity (Wildman–Crippen MR) is 79.4 cm³/mol. The van der Waals surface area contributed by atoms with E-state index in [1.807, 2.05) is 19.1 Å².